The van der Waals surface area contributed by atoms with Crippen molar-refractivity contribution >= 4 is 38.2 Å². The Kier molecular flexibility index (Phi) is 4.37. The van der Waals surface area contributed by atoms with Crippen molar-refractivity contribution in [3.63, 3.8) is 0 Å². The fourth-order valence-electron chi connectivity index (χ4n) is 3.80. The predicted molar refractivity (Wildman–Crippen MR) is 109 cm³/mol. The largest absolute Gasteiger partial charge is 0.373 e. The average molecular weight is 427 g/mol. The molecule has 5 rings (SSSR count). The van der Waals surface area contributed by atoms with Gasteiger partial charge in [-0.15, -0.1) is 11.3 Å². The van der Waals surface area contributed by atoms with Crippen LogP contribution in [0.1, 0.15) is 27.1 Å². The van der Waals surface area contributed by atoms with Crippen molar-refractivity contribution in [2.75, 3.05) is 13.7 Å². The first kappa shape index (κ1) is 18.8. The molecule has 152 valence electrons. The number of halogens is 2. The molecular weight excluding hydrogens is 412 g/mol. The highest BCUT2D eigenvalue weighted by Crippen LogP contribution is 2.35. The summed E-state index contributed by atoms with van der Waals surface area (Å²) in [6.07, 6.45) is 0. The van der Waals surface area contributed by atoms with E-state index in [9.17, 15) is 18.4 Å². The Bertz CT molecular complexity index is 1350. The van der Waals surface area contributed by atoms with Crippen LogP contribution in [0.3, 0.4) is 0 Å². The number of nitrogens with one attached hydrogen (secondary N) is 1. The minimum Gasteiger partial charge on any atom is -0.373 e. The molecule has 1 aliphatic heterocycles. The number of nitrogens with zero attached hydrogens (tertiary/aromatic N) is 2. The van der Waals surface area contributed by atoms with Crippen LogP contribution in [0.15, 0.2) is 41.2 Å². The Morgan fingerprint density at radius 3 is 2.73 bits per heavy atom. The Balaban J connectivity index is 1.63. The first-order valence-electron chi connectivity index (χ1n) is 9.18. The number of benzene rings is 2. The number of carbonyl (C=O) groups is 1. The normalized spacial score (nSPS) is 16.0. The number of fused-ring (bicyclic) bond motifs is 4. The van der Waals surface area contributed by atoms with Gasteiger partial charge in [-0.25, -0.2) is 13.8 Å². The van der Waals surface area contributed by atoms with Gasteiger partial charge in [0.05, 0.1) is 34.9 Å². The monoisotopic (exact) mass is 427 g/mol. The second-order valence-corrected chi connectivity index (χ2v) is 8.12. The summed E-state index contributed by atoms with van der Waals surface area (Å²) in [5.74, 6) is -2.48. The quantitative estimate of drug-likeness (QED) is 0.529. The van der Waals surface area contributed by atoms with Crippen molar-refractivity contribution in [1.82, 2.24) is 14.9 Å². The van der Waals surface area contributed by atoms with Gasteiger partial charge in [0, 0.05) is 18.3 Å². The maximum Gasteiger partial charge on any atom is 0.283 e. The summed E-state index contributed by atoms with van der Waals surface area (Å²) < 4.78 is 34.2. The highest BCUT2D eigenvalue weighted by atomic mass is 32.1. The highest BCUT2D eigenvalue weighted by Gasteiger charge is 2.32. The summed E-state index contributed by atoms with van der Waals surface area (Å²) in [5.41, 5.74) is 1.18. The van der Waals surface area contributed by atoms with E-state index in [0.29, 0.717) is 16.3 Å². The third-order valence-electron chi connectivity index (χ3n) is 5.30. The zero-order valence-electron chi connectivity index (χ0n) is 15.7. The highest BCUT2D eigenvalue weighted by molar-refractivity contribution is 7.20. The van der Waals surface area contributed by atoms with Gasteiger partial charge in [-0.3, -0.25) is 9.59 Å². The molecule has 0 saturated heterocycles. The van der Waals surface area contributed by atoms with Gasteiger partial charge in [-0.2, -0.15) is 0 Å². The van der Waals surface area contributed by atoms with Crippen LogP contribution in [0.4, 0.5) is 8.78 Å². The van der Waals surface area contributed by atoms with Crippen LogP contribution in [0.25, 0.3) is 21.0 Å². The molecule has 0 aliphatic carbocycles. The molecule has 0 spiro atoms. The summed E-state index contributed by atoms with van der Waals surface area (Å²) in [6, 6.07) is 8.73. The van der Waals surface area contributed by atoms with E-state index < -0.39 is 23.2 Å². The minimum absolute atomic E-state index is 0.0281. The van der Waals surface area contributed by atoms with Crippen LogP contribution in [0.2, 0.25) is 0 Å². The summed E-state index contributed by atoms with van der Waals surface area (Å²) in [4.78, 5) is 34.1. The Morgan fingerprint density at radius 2 is 1.97 bits per heavy atom. The molecule has 4 aromatic rings. The lowest BCUT2D eigenvalue weighted by Gasteiger charge is -2.33. The topological polar surface area (TPSA) is 75.3 Å². The van der Waals surface area contributed by atoms with Gasteiger partial charge in [0.15, 0.2) is 16.6 Å². The molecule has 6 nitrogen and oxygen atoms in total. The van der Waals surface area contributed by atoms with E-state index in [2.05, 4.69) is 9.97 Å². The molecular formula is C21H15F2N3O3S. The van der Waals surface area contributed by atoms with E-state index in [4.69, 9.17) is 4.74 Å². The molecule has 1 aliphatic rings. The van der Waals surface area contributed by atoms with Crippen molar-refractivity contribution in [2.24, 2.45) is 0 Å². The minimum atomic E-state index is -1.10. The van der Waals surface area contributed by atoms with E-state index in [1.165, 1.54) is 16.2 Å². The Labute approximate surface area is 172 Å². The lowest BCUT2D eigenvalue weighted by atomic mass is 9.95. The molecule has 0 fully saturated rings. The molecule has 0 bridgehead atoms. The number of rotatable bonds is 2. The molecule has 0 unspecified atom stereocenters. The number of carbonyl (C=O) groups excluding carboxylic acids is 1. The third-order valence-corrected chi connectivity index (χ3v) is 6.33. The number of pyridine rings is 1. The summed E-state index contributed by atoms with van der Waals surface area (Å²) >= 11 is 1.28. The number of H-pyrrole nitrogens is 1. The van der Waals surface area contributed by atoms with Crippen LogP contribution < -0.4 is 5.56 Å². The zero-order valence-corrected chi connectivity index (χ0v) is 16.6. The van der Waals surface area contributed by atoms with Crippen LogP contribution in [-0.2, 0) is 11.3 Å². The van der Waals surface area contributed by atoms with Gasteiger partial charge in [0.2, 0.25) is 0 Å². The number of hydrogen-bond acceptors (Lipinski definition) is 5. The number of thiazole rings is 1. The summed E-state index contributed by atoms with van der Waals surface area (Å²) in [5, 5.41) is 0.613. The number of aromatic amines is 1. The van der Waals surface area contributed by atoms with Gasteiger partial charge in [0.1, 0.15) is 0 Å². The fourth-order valence-corrected chi connectivity index (χ4v) is 4.75. The number of likely N-dealkylation sites (N-methyl/N-ethyl adjacent to an activating group) is 1. The fraction of sp³-hybridized carbons (Fsp3) is 0.190. The summed E-state index contributed by atoms with van der Waals surface area (Å²) in [6.45, 7) is 0.263. The van der Waals surface area contributed by atoms with Crippen LogP contribution in [0.5, 0.6) is 0 Å². The van der Waals surface area contributed by atoms with E-state index in [1.54, 1.807) is 7.05 Å². The maximum atomic E-state index is 14.0. The number of aromatic nitrogens is 2. The van der Waals surface area contributed by atoms with E-state index in [0.717, 1.165) is 22.3 Å². The Hall–Kier alpha value is -3.17. The molecule has 3 heterocycles. The smallest absolute Gasteiger partial charge is 0.283 e. The molecule has 0 radical (unpaired) electrons. The van der Waals surface area contributed by atoms with Gasteiger partial charge < -0.3 is 14.6 Å². The number of hydrogen-bond donors (Lipinski definition) is 1. The summed E-state index contributed by atoms with van der Waals surface area (Å²) in [7, 11) is 1.61. The predicted octanol–water partition coefficient (Wildman–Crippen LogP) is 3.76. The van der Waals surface area contributed by atoms with Crippen molar-refractivity contribution in [3.8, 4) is 0 Å². The second-order valence-electron chi connectivity index (χ2n) is 7.09. The molecule has 1 atom stereocenters. The van der Waals surface area contributed by atoms with E-state index >= 15 is 0 Å². The van der Waals surface area contributed by atoms with Gasteiger partial charge in [-0.05, 0) is 29.7 Å². The first-order chi connectivity index (χ1) is 14.4. The third kappa shape index (κ3) is 2.89. The molecule has 1 amide bonds. The first-order valence-corrected chi connectivity index (χ1v) is 10.00. The van der Waals surface area contributed by atoms with Crippen LogP contribution in [-0.4, -0.2) is 34.4 Å². The SMILES string of the molecule is CN(C(=O)c1nc2ccccc2s1)[C@@H]1COCc2[nH]c(=O)c3cc(F)c(F)cc3c21. The molecule has 30 heavy (non-hydrogen) atoms. The lowest BCUT2D eigenvalue weighted by molar-refractivity contribution is 0.0335. The Morgan fingerprint density at radius 1 is 1.23 bits per heavy atom. The zero-order chi connectivity index (χ0) is 21.0. The molecule has 1 N–H and O–H groups in total. The van der Waals surface area contributed by atoms with Gasteiger partial charge in [0.25, 0.3) is 11.5 Å². The van der Waals surface area contributed by atoms with Crippen molar-refractivity contribution < 1.29 is 18.3 Å². The molecule has 9 heteroatoms. The van der Waals surface area contributed by atoms with E-state index in [1.807, 2.05) is 24.3 Å². The van der Waals surface area contributed by atoms with Crippen molar-refractivity contribution in [1.29, 1.82) is 0 Å². The molecule has 0 saturated carbocycles. The number of amides is 1. The van der Waals surface area contributed by atoms with Crippen molar-refractivity contribution in [3.05, 3.63) is 74.7 Å². The second kappa shape index (κ2) is 6.96. The molecule has 2 aromatic heterocycles. The average Bonchev–Trinajstić information content (AvgIpc) is 3.18. The molecule has 2 aromatic carbocycles. The number of para-hydroxylation sites is 1. The maximum absolute atomic E-state index is 14.0. The lowest BCUT2D eigenvalue weighted by Crippen LogP contribution is -2.37. The number of ether oxygens (including phenoxy) is 1. The van der Waals surface area contributed by atoms with Gasteiger partial charge >= 0.3 is 0 Å². The van der Waals surface area contributed by atoms with Gasteiger partial charge in [-0.1, -0.05) is 12.1 Å². The van der Waals surface area contributed by atoms with Crippen LogP contribution >= 0.6 is 11.3 Å². The van der Waals surface area contributed by atoms with Crippen LogP contribution in [0, 0.1) is 11.6 Å². The standard InChI is InChI=1S/C21H15F2N3O3S/c1-26(21(28)20-25-14-4-2-3-5-17(14)30-20)16-9-29-8-15-18(16)10-6-12(22)13(23)7-11(10)19(27)24-15/h2-7,16H,8-9H2,1H3,(H,24,27)/t16-/m1/s1. The van der Waals surface area contributed by atoms with E-state index in [-0.39, 0.29) is 29.9 Å². The van der Waals surface area contributed by atoms with Crippen molar-refractivity contribution in [2.45, 2.75) is 12.6 Å².